The molecule has 0 atom stereocenters. The van der Waals surface area contributed by atoms with Crippen LogP contribution in [0.4, 0.5) is 11.4 Å². The number of hydrazine groups is 1. The van der Waals surface area contributed by atoms with Gasteiger partial charge >= 0.3 is 0 Å². The number of carbonyl (C=O) groups is 3. The van der Waals surface area contributed by atoms with E-state index in [-0.39, 0.29) is 0 Å². The molecule has 22 heavy (non-hydrogen) atoms. The van der Waals surface area contributed by atoms with Crippen LogP contribution in [-0.4, -0.2) is 17.7 Å². The summed E-state index contributed by atoms with van der Waals surface area (Å²) >= 11 is 0. The second-order valence-corrected chi connectivity index (χ2v) is 4.81. The highest BCUT2D eigenvalue weighted by Gasteiger charge is 2.50. The van der Waals surface area contributed by atoms with Gasteiger partial charge < -0.3 is 5.73 Å². The molecular weight excluding hydrogens is 282 g/mol. The lowest BCUT2D eigenvalue weighted by Crippen LogP contribution is -2.41. The van der Waals surface area contributed by atoms with Crippen molar-refractivity contribution in [2.75, 3.05) is 10.0 Å². The molecule has 0 radical (unpaired) electrons. The predicted molar refractivity (Wildman–Crippen MR) is 80.5 cm³/mol. The van der Waals surface area contributed by atoms with Crippen LogP contribution in [0.15, 0.2) is 60.7 Å². The lowest BCUT2D eigenvalue weighted by Gasteiger charge is -2.27. The number of primary amides is 1. The Morgan fingerprint density at radius 2 is 1.14 bits per heavy atom. The number of rotatable bonds is 3. The zero-order valence-electron chi connectivity index (χ0n) is 11.5. The molecule has 6 nitrogen and oxygen atoms in total. The van der Waals surface area contributed by atoms with E-state index in [1.807, 2.05) is 0 Å². The molecule has 0 aromatic heterocycles. The van der Waals surface area contributed by atoms with Crippen molar-refractivity contribution in [3.63, 3.8) is 0 Å². The first-order valence-corrected chi connectivity index (χ1v) is 6.68. The number of para-hydroxylation sites is 2. The van der Waals surface area contributed by atoms with Gasteiger partial charge in [0.05, 0.1) is 11.4 Å². The summed E-state index contributed by atoms with van der Waals surface area (Å²) in [7, 11) is 0. The van der Waals surface area contributed by atoms with Gasteiger partial charge in [0, 0.05) is 0 Å². The molecule has 1 saturated heterocycles. The lowest BCUT2D eigenvalue weighted by atomic mass is 10.1. The maximum atomic E-state index is 12.5. The highest BCUT2D eigenvalue weighted by atomic mass is 16.2. The predicted octanol–water partition coefficient (Wildman–Crippen LogP) is 1.08. The standard InChI is InChI=1S/C16H13N3O3/c17-14(20)13-15(21)18(11-7-3-1-4-8-11)19(16(13)22)12-9-5-2-6-10-12/h1-10,13H,(H2,17,20). The molecule has 2 aromatic carbocycles. The minimum Gasteiger partial charge on any atom is -0.369 e. The second kappa shape index (κ2) is 5.33. The maximum absolute atomic E-state index is 12.5. The van der Waals surface area contributed by atoms with E-state index >= 15 is 0 Å². The monoisotopic (exact) mass is 295 g/mol. The average molecular weight is 295 g/mol. The minimum atomic E-state index is -1.50. The van der Waals surface area contributed by atoms with Crippen LogP contribution < -0.4 is 15.8 Å². The topological polar surface area (TPSA) is 83.7 Å². The third-order valence-corrected chi connectivity index (χ3v) is 3.40. The molecule has 0 aliphatic carbocycles. The maximum Gasteiger partial charge on any atom is 0.268 e. The van der Waals surface area contributed by atoms with Gasteiger partial charge in [-0.3, -0.25) is 14.4 Å². The summed E-state index contributed by atoms with van der Waals surface area (Å²) in [5, 5.41) is 2.38. The van der Waals surface area contributed by atoms with Gasteiger partial charge in [0.25, 0.3) is 11.8 Å². The highest BCUT2D eigenvalue weighted by molar-refractivity contribution is 6.32. The quantitative estimate of drug-likeness (QED) is 0.860. The van der Waals surface area contributed by atoms with Crippen LogP contribution in [0.3, 0.4) is 0 Å². The van der Waals surface area contributed by atoms with E-state index in [4.69, 9.17) is 5.73 Å². The van der Waals surface area contributed by atoms with Crippen LogP contribution in [0, 0.1) is 5.92 Å². The Morgan fingerprint density at radius 3 is 1.45 bits per heavy atom. The molecule has 1 fully saturated rings. The SMILES string of the molecule is NC(=O)C1C(=O)N(c2ccccc2)N(c2ccccc2)C1=O. The van der Waals surface area contributed by atoms with Crippen molar-refractivity contribution < 1.29 is 14.4 Å². The van der Waals surface area contributed by atoms with E-state index in [0.29, 0.717) is 11.4 Å². The van der Waals surface area contributed by atoms with E-state index in [9.17, 15) is 14.4 Å². The van der Waals surface area contributed by atoms with Crippen LogP contribution in [0.5, 0.6) is 0 Å². The van der Waals surface area contributed by atoms with Crippen molar-refractivity contribution in [1.29, 1.82) is 0 Å². The largest absolute Gasteiger partial charge is 0.369 e. The van der Waals surface area contributed by atoms with Crippen LogP contribution in [-0.2, 0) is 14.4 Å². The van der Waals surface area contributed by atoms with Crippen LogP contribution >= 0.6 is 0 Å². The molecule has 3 rings (SSSR count). The van der Waals surface area contributed by atoms with E-state index in [1.165, 1.54) is 10.0 Å². The van der Waals surface area contributed by atoms with E-state index in [0.717, 1.165) is 0 Å². The zero-order valence-corrected chi connectivity index (χ0v) is 11.5. The van der Waals surface area contributed by atoms with Crippen molar-refractivity contribution in [1.82, 2.24) is 0 Å². The molecule has 0 saturated carbocycles. The number of nitrogens with two attached hydrogens (primary N) is 1. The third-order valence-electron chi connectivity index (χ3n) is 3.40. The second-order valence-electron chi connectivity index (χ2n) is 4.81. The highest BCUT2D eigenvalue weighted by Crippen LogP contribution is 2.31. The number of carbonyl (C=O) groups excluding carboxylic acids is 3. The molecule has 0 bridgehead atoms. The molecular formula is C16H13N3O3. The summed E-state index contributed by atoms with van der Waals surface area (Å²) in [5.74, 6) is -3.74. The van der Waals surface area contributed by atoms with E-state index < -0.39 is 23.6 Å². The summed E-state index contributed by atoms with van der Waals surface area (Å²) in [6, 6.07) is 17.3. The van der Waals surface area contributed by atoms with Crippen molar-refractivity contribution >= 4 is 29.1 Å². The molecule has 0 unspecified atom stereocenters. The molecule has 1 heterocycles. The normalized spacial score (nSPS) is 15.5. The Hall–Kier alpha value is -3.15. The van der Waals surface area contributed by atoms with Gasteiger partial charge in [0.15, 0.2) is 5.92 Å². The fourth-order valence-electron chi connectivity index (χ4n) is 2.41. The fraction of sp³-hybridized carbons (Fsp3) is 0.0625. The van der Waals surface area contributed by atoms with Gasteiger partial charge in [0.2, 0.25) is 5.91 Å². The summed E-state index contributed by atoms with van der Waals surface area (Å²) in [6.07, 6.45) is 0. The Labute approximate surface area is 126 Å². The van der Waals surface area contributed by atoms with Gasteiger partial charge in [-0.25, -0.2) is 10.0 Å². The summed E-state index contributed by atoms with van der Waals surface area (Å²) in [4.78, 5) is 36.5. The zero-order chi connectivity index (χ0) is 15.7. The van der Waals surface area contributed by atoms with Gasteiger partial charge in [-0.05, 0) is 24.3 Å². The van der Waals surface area contributed by atoms with Gasteiger partial charge in [0.1, 0.15) is 0 Å². The van der Waals surface area contributed by atoms with Gasteiger partial charge in [-0.15, -0.1) is 0 Å². The van der Waals surface area contributed by atoms with Crippen molar-refractivity contribution in [2.24, 2.45) is 11.7 Å². The Morgan fingerprint density at radius 1 is 0.773 bits per heavy atom. The Balaban J connectivity index is 2.13. The van der Waals surface area contributed by atoms with Crippen molar-refractivity contribution in [3.8, 4) is 0 Å². The van der Waals surface area contributed by atoms with Crippen LogP contribution in [0.2, 0.25) is 0 Å². The number of anilines is 2. The summed E-state index contributed by atoms with van der Waals surface area (Å²) in [5.41, 5.74) is 6.21. The number of benzene rings is 2. The number of amides is 3. The molecule has 110 valence electrons. The summed E-state index contributed by atoms with van der Waals surface area (Å²) < 4.78 is 0. The van der Waals surface area contributed by atoms with Gasteiger partial charge in [-0.1, -0.05) is 36.4 Å². The van der Waals surface area contributed by atoms with Crippen molar-refractivity contribution in [3.05, 3.63) is 60.7 Å². The third kappa shape index (κ3) is 2.10. The van der Waals surface area contributed by atoms with E-state index in [1.54, 1.807) is 60.7 Å². The number of hydrogen-bond donors (Lipinski definition) is 1. The van der Waals surface area contributed by atoms with Crippen LogP contribution in [0.1, 0.15) is 0 Å². The number of nitrogens with zero attached hydrogens (tertiary/aromatic N) is 2. The first-order valence-electron chi connectivity index (χ1n) is 6.68. The lowest BCUT2D eigenvalue weighted by molar-refractivity contribution is -0.135. The Bertz CT molecular complexity index is 673. The molecule has 2 N–H and O–H groups in total. The minimum absolute atomic E-state index is 0.494. The fourth-order valence-corrected chi connectivity index (χ4v) is 2.41. The van der Waals surface area contributed by atoms with Gasteiger partial charge in [-0.2, -0.15) is 0 Å². The molecule has 2 aromatic rings. The summed E-state index contributed by atoms with van der Waals surface area (Å²) in [6.45, 7) is 0. The average Bonchev–Trinajstić information content (AvgIpc) is 2.80. The van der Waals surface area contributed by atoms with Crippen LogP contribution in [0.25, 0.3) is 0 Å². The first kappa shape index (κ1) is 13.8. The Kier molecular flexibility index (Phi) is 3.34. The molecule has 1 aliphatic heterocycles. The first-order chi connectivity index (χ1) is 10.6. The molecule has 3 amide bonds. The molecule has 1 aliphatic rings. The molecule has 6 heteroatoms. The smallest absolute Gasteiger partial charge is 0.268 e. The number of hydrogen-bond acceptors (Lipinski definition) is 3. The molecule has 0 spiro atoms. The van der Waals surface area contributed by atoms with E-state index in [2.05, 4.69) is 0 Å². The van der Waals surface area contributed by atoms with Crippen molar-refractivity contribution in [2.45, 2.75) is 0 Å².